The summed E-state index contributed by atoms with van der Waals surface area (Å²) < 4.78 is 6.63. The molecular weight excluding hydrogens is 484 g/mol. The number of benzene rings is 3. The molecule has 0 fully saturated rings. The Hall–Kier alpha value is -5.38. The summed E-state index contributed by atoms with van der Waals surface area (Å²) >= 11 is 0. The van der Waals surface area contributed by atoms with E-state index in [9.17, 15) is 14.4 Å². The first-order chi connectivity index (χ1) is 18.6. The predicted octanol–water partition coefficient (Wildman–Crippen LogP) is 4.12. The highest BCUT2D eigenvalue weighted by molar-refractivity contribution is 6.14. The number of hydrogen-bond acceptors (Lipinski definition) is 7. The highest BCUT2D eigenvalue weighted by Gasteiger charge is 2.28. The first-order valence-corrected chi connectivity index (χ1v) is 11.7. The number of para-hydroxylation sites is 2. The molecule has 38 heavy (non-hydrogen) atoms. The number of amides is 2. The number of ketones is 1. The van der Waals surface area contributed by atoms with Crippen molar-refractivity contribution in [2.45, 2.75) is 12.8 Å². The minimum Gasteiger partial charge on any atom is -0.445 e. The topological polar surface area (TPSA) is 128 Å². The summed E-state index contributed by atoms with van der Waals surface area (Å²) in [6, 6.07) is 26.0. The van der Waals surface area contributed by atoms with Crippen molar-refractivity contribution in [3.8, 4) is 0 Å². The first kappa shape index (κ1) is 24.3. The summed E-state index contributed by atoms with van der Waals surface area (Å²) in [5.41, 5.74) is 2.82. The summed E-state index contributed by atoms with van der Waals surface area (Å²) in [7, 11) is 0. The second kappa shape index (κ2) is 11.1. The second-order valence-corrected chi connectivity index (χ2v) is 8.23. The zero-order valence-electron chi connectivity index (χ0n) is 20.0. The van der Waals surface area contributed by atoms with Crippen LogP contribution in [0, 0.1) is 0 Å². The Bertz CT molecular complexity index is 1590. The molecule has 2 amide bonds. The van der Waals surface area contributed by atoms with Crippen LogP contribution in [0.25, 0.3) is 11.0 Å². The number of ether oxygens (including phenoxy) is 1. The van der Waals surface area contributed by atoms with Crippen molar-refractivity contribution in [3.05, 3.63) is 120 Å². The van der Waals surface area contributed by atoms with E-state index in [0.717, 1.165) is 5.56 Å². The van der Waals surface area contributed by atoms with Crippen molar-refractivity contribution in [1.82, 2.24) is 25.3 Å². The van der Waals surface area contributed by atoms with Crippen LogP contribution in [0.1, 0.15) is 27.7 Å². The standard InChI is InChI=1S/C28H22N6O4/c35-25(20-14-16-29-17-15-20)21-10-4-5-11-22(21)30-27(36)26(34-24-13-7-6-12-23(24)32-33-34)31-28(37)38-18-19-8-2-1-3-9-19/h1-17,26H,18H2,(H,30,36)(H,31,37). The first-order valence-electron chi connectivity index (χ1n) is 11.7. The lowest BCUT2D eigenvalue weighted by Gasteiger charge is -2.20. The normalized spacial score (nSPS) is 11.5. The Morgan fingerprint density at radius 1 is 0.842 bits per heavy atom. The van der Waals surface area contributed by atoms with E-state index < -0.39 is 18.2 Å². The van der Waals surface area contributed by atoms with Crippen LogP contribution in [0.15, 0.2) is 103 Å². The van der Waals surface area contributed by atoms with Gasteiger partial charge < -0.3 is 10.1 Å². The lowest BCUT2D eigenvalue weighted by Crippen LogP contribution is -2.41. The Morgan fingerprint density at radius 3 is 2.37 bits per heavy atom. The third-order valence-electron chi connectivity index (χ3n) is 5.71. The van der Waals surface area contributed by atoms with Gasteiger partial charge in [-0.1, -0.05) is 59.8 Å². The number of carbonyl (C=O) groups excluding carboxylic acids is 3. The van der Waals surface area contributed by atoms with Gasteiger partial charge in [-0.3, -0.25) is 19.9 Å². The molecule has 2 N–H and O–H groups in total. The van der Waals surface area contributed by atoms with Crippen LogP contribution in [0.3, 0.4) is 0 Å². The molecule has 5 rings (SSSR count). The molecule has 0 aliphatic rings. The third-order valence-corrected chi connectivity index (χ3v) is 5.71. The van der Waals surface area contributed by atoms with Crippen molar-refractivity contribution < 1.29 is 19.1 Å². The molecule has 1 unspecified atom stereocenters. The summed E-state index contributed by atoms with van der Waals surface area (Å²) in [6.07, 6.45) is 0.890. The van der Waals surface area contributed by atoms with Gasteiger partial charge in [0.25, 0.3) is 5.91 Å². The molecule has 2 aromatic heterocycles. The molecule has 5 aromatic rings. The van der Waals surface area contributed by atoms with Crippen LogP contribution < -0.4 is 10.6 Å². The van der Waals surface area contributed by atoms with E-state index in [1.165, 1.54) is 17.1 Å². The van der Waals surface area contributed by atoms with Crippen molar-refractivity contribution in [1.29, 1.82) is 0 Å². The van der Waals surface area contributed by atoms with Gasteiger partial charge in [0.1, 0.15) is 12.1 Å². The van der Waals surface area contributed by atoms with Gasteiger partial charge in [0.05, 0.1) is 11.2 Å². The lowest BCUT2D eigenvalue weighted by molar-refractivity contribution is -0.120. The Labute approximate surface area is 217 Å². The highest BCUT2D eigenvalue weighted by Crippen LogP contribution is 2.22. The average Bonchev–Trinajstić information content (AvgIpc) is 3.39. The number of hydrogen-bond donors (Lipinski definition) is 2. The molecule has 10 heteroatoms. The third kappa shape index (κ3) is 5.39. The molecular formula is C28H22N6O4. The molecule has 0 saturated heterocycles. The van der Waals surface area contributed by atoms with E-state index in [-0.39, 0.29) is 23.6 Å². The fourth-order valence-corrected chi connectivity index (χ4v) is 3.84. The highest BCUT2D eigenvalue weighted by atomic mass is 16.5. The molecule has 2 heterocycles. The smallest absolute Gasteiger partial charge is 0.409 e. The Morgan fingerprint density at radius 2 is 1.55 bits per heavy atom. The van der Waals surface area contributed by atoms with Gasteiger partial charge in [0, 0.05) is 23.5 Å². The molecule has 3 aromatic carbocycles. The van der Waals surface area contributed by atoms with E-state index in [2.05, 4.69) is 25.9 Å². The number of rotatable bonds is 8. The van der Waals surface area contributed by atoms with Crippen LogP contribution in [0.2, 0.25) is 0 Å². The summed E-state index contributed by atoms with van der Waals surface area (Å²) in [4.78, 5) is 43.4. The largest absolute Gasteiger partial charge is 0.445 e. The zero-order chi connectivity index (χ0) is 26.3. The predicted molar refractivity (Wildman–Crippen MR) is 139 cm³/mol. The average molecular weight is 507 g/mol. The molecule has 0 aliphatic heterocycles. The molecule has 1 atom stereocenters. The van der Waals surface area contributed by atoms with Crippen LogP contribution in [-0.4, -0.2) is 37.8 Å². The fraction of sp³-hybridized carbons (Fsp3) is 0.0714. The van der Waals surface area contributed by atoms with E-state index >= 15 is 0 Å². The number of carbonyl (C=O) groups is 3. The van der Waals surface area contributed by atoms with Gasteiger partial charge in [-0.25, -0.2) is 9.48 Å². The number of pyridine rings is 1. The van der Waals surface area contributed by atoms with Gasteiger partial charge >= 0.3 is 6.09 Å². The quantitative estimate of drug-likeness (QED) is 0.303. The summed E-state index contributed by atoms with van der Waals surface area (Å²) in [6.45, 7) is 0.0163. The monoisotopic (exact) mass is 506 g/mol. The molecule has 0 bridgehead atoms. The molecule has 188 valence electrons. The van der Waals surface area contributed by atoms with E-state index in [4.69, 9.17) is 4.74 Å². The van der Waals surface area contributed by atoms with Crippen molar-refractivity contribution in [2.75, 3.05) is 5.32 Å². The number of anilines is 1. The summed E-state index contributed by atoms with van der Waals surface area (Å²) in [5.74, 6) is -0.937. The number of fused-ring (bicyclic) bond motifs is 1. The van der Waals surface area contributed by atoms with Gasteiger partial charge in [0.2, 0.25) is 6.17 Å². The molecule has 0 saturated carbocycles. The minimum atomic E-state index is -1.32. The molecule has 0 aliphatic carbocycles. The Balaban J connectivity index is 1.41. The maximum Gasteiger partial charge on any atom is 0.409 e. The second-order valence-electron chi connectivity index (χ2n) is 8.23. The maximum atomic E-state index is 13.6. The van der Waals surface area contributed by atoms with Crippen molar-refractivity contribution in [3.63, 3.8) is 0 Å². The van der Waals surface area contributed by atoms with Crippen molar-refractivity contribution >= 4 is 34.5 Å². The van der Waals surface area contributed by atoms with Gasteiger partial charge in [0.15, 0.2) is 5.78 Å². The van der Waals surface area contributed by atoms with Crippen LogP contribution >= 0.6 is 0 Å². The molecule has 0 spiro atoms. The molecule has 0 radical (unpaired) electrons. The number of aromatic nitrogens is 4. The molecule has 10 nitrogen and oxygen atoms in total. The minimum absolute atomic E-state index is 0.0163. The number of nitrogens with zero attached hydrogens (tertiary/aromatic N) is 4. The maximum absolute atomic E-state index is 13.6. The fourth-order valence-electron chi connectivity index (χ4n) is 3.84. The SMILES string of the molecule is O=C(NC(C(=O)Nc1ccccc1C(=O)c1ccncc1)n1nnc2ccccc21)OCc1ccccc1. The summed E-state index contributed by atoms with van der Waals surface area (Å²) in [5, 5.41) is 13.5. The van der Waals surface area contributed by atoms with Crippen LogP contribution in [0.4, 0.5) is 10.5 Å². The van der Waals surface area contributed by atoms with Crippen LogP contribution in [0.5, 0.6) is 0 Å². The van der Waals surface area contributed by atoms with Gasteiger partial charge in [-0.2, -0.15) is 0 Å². The van der Waals surface area contributed by atoms with Gasteiger partial charge in [-0.15, -0.1) is 5.10 Å². The van der Waals surface area contributed by atoms with Gasteiger partial charge in [-0.05, 0) is 42.0 Å². The number of nitrogens with one attached hydrogen (secondary N) is 2. The zero-order valence-corrected chi connectivity index (χ0v) is 20.0. The Kier molecular flexibility index (Phi) is 7.12. The van der Waals surface area contributed by atoms with Crippen LogP contribution in [-0.2, 0) is 16.1 Å². The van der Waals surface area contributed by atoms with E-state index in [1.54, 1.807) is 60.7 Å². The van der Waals surface area contributed by atoms with Crippen molar-refractivity contribution in [2.24, 2.45) is 0 Å². The van der Waals surface area contributed by atoms with E-state index in [1.807, 2.05) is 30.3 Å². The number of alkyl carbamates (subject to hydrolysis) is 1. The van der Waals surface area contributed by atoms with E-state index in [0.29, 0.717) is 16.6 Å². The lowest BCUT2D eigenvalue weighted by atomic mass is 10.0.